The van der Waals surface area contributed by atoms with Gasteiger partial charge in [-0.05, 0) is 49.9 Å². The standard InChI is InChI=1S/C23H21N5O5/c1-14-17(22(29)25-23(30)18(14)13-24)12-16-4-6-21(33-16)15-3-5-19(20(11-15)28(31)32)27-9-7-26(2)8-10-27/h3-6,11-12H,7-10H2,1-2H3,(H,25,29,30)/b17-12-. The number of nitrogens with zero attached hydrogens (tertiary/aromatic N) is 4. The number of rotatable bonds is 4. The smallest absolute Gasteiger partial charge is 0.293 e. The molecule has 0 radical (unpaired) electrons. The van der Waals surface area contributed by atoms with Crippen LogP contribution in [0.2, 0.25) is 0 Å². The van der Waals surface area contributed by atoms with Crippen molar-refractivity contribution in [1.82, 2.24) is 10.2 Å². The Morgan fingerprint density at radius 3 is 2.55 bits per heavy atom. The highest BCUT2D eigenvalue weighted by atomic mass is 16.6. The fourth-order valence-corrected chi connectivity index (χ4v) is 3.88. The molecule has 1 aromatic heterocycles. The number of piperazine rings is 1. The summed E-state index contributed by atoms with van der Waals surface area (Å²) in [4.78, 5) is 39.5. The number of hydrogen-bond donors (Lipinski definition) is 1. The van der Waals surface area contributed by atoms with Crippen molar-refractivity contribution in [2.45, 2.75) is 6.92 Å². The number of carbonyl (C=O) groups excluding carboxylic acids is 2. The van der Waals surface area contributed by atoms with Gasteiger partial charge in [-0.15, -0.1) is 0 Å². The molecule has 0 unspecified atom stereocenters. The molecular formula is C23H21N5O5. The Kier molecular flexibility index (Phi) is 5.81. The van der Waals surface area contributed by atoms with E-state index in [0.29, 0.717) is 35.9 Å². The van der Waals surface area contributed by atoms with Crippen LogP contribution < -0.4 is 10.2 Å². The van der Waals surface area contributed by atoms with Gasteiger partial charge in [0, 0.05) is 43.4 Å². The number of benzene rings is 1. The van der Waals surface area contributed by atoms with Crippen molar-refractivity contribution in [3.8, 4) is 17.4 Å². The molecule has 2 aliphatic heterocycles. The molecule has 2 aromatic rings. The van der Waals surface area contributed by atoms with Crippen molar-refractivity contribution in [3.63, 3.8) is 0 Å². The monoisotopic (exact) mass is 447 g/mol. The molecule has 0 saturated carbocycles. The molecule has 1 N–H and O–H groups in total. The van der Waals surface area contributed by atoms with Crippen molar-refractivity contribution < 1.29 is 18.9 Å². The first-order valence-corrected chi connectivity index (χ1v) is 10.3. The highest BCUT2D eigenvalue weighted by molar-refractivity contribution is 6.19. The van der Waals surface area contributed by atoms with Gasteiger partial charge in [-0.25, -0.2) is 0 Å². The highest BCUT2D eigenvalue weighted by Crippen LogP contribution is 2.35. The molecule has 1 saturated heterocycles. The van der Waals surface area contributed by atoms with Gasteiger partial charge in [0.25, 0.3) is 17.5 Å². The second-order valence-electron chi connectivity index (χ2n) is 7.91. The number of nitrogens with one attached hydrogen (secondary N) is 1. The maximum atomic E-state index is 12.2. The van der Waals surface area contributed by atoms with E-state index in [1.54, 1.807) is 30.3 Å². The molecule has 10 heteroatoms. The maximum absolute atomic E-state index is 12.2. The number of nitro benzene ring substituents is 1. The van der Waals surface area contributed by atoms with E-state index in [9.17, 15) is 19.7 Å². The first kappa shape index (κ1) is 22.0. The van der Waals surface area contributed by atoms with Crippen LogP contribution in [0.4, 0.5) is 11.4 Å². The number of imide groups is 1. The second kappa shape index (κ2) is 8.72. The van der Waals surface area contributed by atoms with E-state index in [1.165, 1.54) is 19.1 Å². The highest BCUT2D eigenvalue weighted by Gasteiger charge is 2.28. The zero-order chi connectivity index (χ0) is 23.7. The number of hydrogen-bond acceptors (Lipinski definition) is 8. The lowest BCUT2D eigenvalue weighted by Gasteiger charge is -2.33. The van der Waals surface area contributed by atoms with Gasteiger partial charge in [-0.3, -0.25) is 25.0 Å². The van der Waals surface area contributed by atoms with Crippen LogP contribution in [-0.4, -0.2) is 54.9 Å². The molecule has 3 heterocycles. The molecule has 33 heavy (non-hydrogen) atoms. The van der Waals surface area contributed by atoms with Gasteiger partial charge in [0.15, 0.2) is 0 Å². The summed E-state index contributed by atoms with van der Waals surface area (Å²) in [7, 11) is 2.02. The number of likely N-dealkylation sites (N-methyl/N-ethyl adjacent to an activating group) is 1. The number of anilines is 1. The van der Waals surface area contributed by atoms with Gasteiger partial charge in [0.2, 0.25) is 0 Å². The molecule has 10 nitrogen and oxygen atoms in total. The van der Waals surface area contributed by atoms with E-state index in [4.69, 9.17) is 9.68 Å². The topological polar surface area (TPSA) is 133 Å². The molecule has 1 fully saturated rings. The average Bonchev–Trinajstić information content (AvgIpc) is 3.26. The van der Waals surface area contributed by atoms with Crippen LogP contribution in [0.1, 0.15) is 12.7 Å². The van der Waals surface area contributed by atoms with E-state index >= 15 is 0 Å². The van der Waals surface area contributed by atoms with Crippen molar-refractivity contribution in [1.29, 1.82) is 5.26 Å². The van der Waals surface area contributed by atoms with Crippen LogP contribution in [0.3, 0.4) is 0 Å². The van der Waals surface area contributed by atoms with Crippen molar-refractivity contribution in [3.05, 3.63) is 62.9 Å². The fraction of sp³-hybridized carbons (Fsp3) is 0.261. The van der Waals surface area contributed by atoms with E-state index in [0.717, 1.165) is 13.1 Å². The lowest BCUT2D eigenvalue weighted by atomic mass is 9.96. The Bertz CT molecular complexity index is 1260. The molecule has 0 spiro atoms. The third kappa shape index (κ3) is 4.26. The van der Waals surface area contributed by atoms with E-state index < -0.39 is 16.7 Å². The first-order valence-electron chi connectivity index (χ1n) is 10.3. The Balaban J connectivity index is 1.66. The van der Waals surface area contributed by atoms with Gasteiger partial charge in [-0.2, -0.15) is 5.26 Å². The number of nitro groups is 1. The van der Waals surface area contributed by atoms with Crippen LogP contribution in [0.25, 0.3) is 17.4 Å². The number of carbonyl (C=O) groups is 2. The van der Waals surface area contributed by atoms with Crippen molar-refractivity contribution >= 4 is 29.3 Å². The van der Waals surface area contributed by atoms with Crippen molar-refractivity contribution in [2.75, 3.05) is 38.1 Å². The maximum Gasteiger partial charge on any atom is 0.293 e. The van der Waals surface area contributed by atoms with Crippen LogP contribution in [0.5, 0.6) is 0 Å². The summed E-state index contributed by atoms with van der Waals surface area (Å²) >= 11 is 0. The summed E-state index contributed by atoms with van der Waals surface area (Å²) in [5, 5.41) is 23.1. The normalized spacial score (nSPS) is 18.5. The van der Waals surface area contributed by atoms with E-state index in [-0.39, 0.29) is 22.4 Å². The lowest BCUT2D eigenvalue weighted by Crippen LogP contribution is -2.44. The minimum atomic E-state index is -0.731. The second-order valence-corrected chi connectivity index (χ2v) is 7.91. The van der Waals surface area contributed by atoms with Gasteiger partial charge in [0.05, 0.1) is 4.92 Å². The summed E-state index contributed by atoms with van der Waals surface area (Å²) < 4.78 is 5.81. The summed E-state index contributed by atoms with van der Waals surface area (Å²) in [6.07, 6.45) is 1.44. The molecule has 2 amide bonds. The Hall–Kier alpha value is -4.23. The van der Waals surface area contributed by atoms with Crippen LogP contribution >= 0.6 is 0 Å². The van der Waals surface area contributed by atoms with E-state index in [2.05, 4.69) is 10.2 Å². The molecule has 1 aromatic carbocycles. The van der Waals surface area contributed by atoms with Crippen LogP contribution in [-0.2, 0) is 9.59 Å². The third-order valence-electron chi connectivity index (χ3n) is 5.80. The Morgan fingerprint density at radius 2 is 1.88 bits per heavy atom. The van der Waals surface area contributed by atoms with Crippen LogP contribution in [0.15, 0.2) is 51.5 Å². The number of nitriles is 1. The van der Waals surface area contributed by atoms with E-state index in [1.807, 2.05) is 11.9 Å². The zero-order valence-electron chi connectivity index (χ0n) is 18.1. The Morgan fingerprint density at radius 1 is 1.15 bits per heavy atom. The zero-order valence-corrected chi connectivity index (χ0v) is 18.1. The van der Waals surface area contributed by atoms with Gasteiger partial charge >= 0.3 is 0 Å². The summed E-state index contributed by atoms with van der Waals surface area (Å²) in [6, 6.07) is 10.0. The molecule has 168 valence electrons. The number of amides is 2. The molecule has 0 bridgehead atoms. The van der Waals surface area contributed by atoms with Gasteiger partial charge in [-0.1, -0.05) is 0 Å². The largest absolute Gasteiger partial charge is 0.457 e. The summed E-state index contributed by atoms with van der Waals surface area (Å²) in [6.45, 7) is 4.59. The minimum Gasteiger partial charge on any atom is -0.457 e. The van der Waals surface area contributed by atoms with Crippen LogP contribution in [0, 0.1) is 21.4 Å². The molecule has 0 atom stereocenters. The van der Waals surface area contributed by atoms with Crippen molar-refractivity contribution in [2.24, 2.45) is 0 Å². The summed E-state index contributed by atoms with van der Waals surface area (Å²) in [5.41, 5.74) is 1.36. The predicted octanol–water partition coefficient (Wildman–Crippen LogP) is 2.49. The summed E-state index contributed by atoms with van der Waals surface area (Å²) in [5.74, 6) is -0.650. The first-order chi connectivity index (χ1) is 15.8. The average molecular weight is 447 g/mol. The SMILES string of the molecule is CC1=C(C#N)C(=O)NC(=O)/C1=C\c1ccc(-c2ccc(N3CCN(C)CC3)c([N+](=O)[O-])c2)o1. The fourth-order valence-electron chi connectivity index (χ4n) is 3.88. The Labute approximate surface area is 189 Å². The molecular weight excluding hydrogens is 426 g/mol. The minimum absolute atomic E-state index is 0.00373. The van der Waals surface area contributed by atoms with Gasteiger partial charge in [0.1, 0.15) is 28.9 Å². The molecule has 0 aliphatic carbocycles. The third-order valence-corrected chi connectivity index (χ3v) is 5.80. The number of furan rings is 1. The predicted molar refractivity (Wildman–Crippen MR) is 120 cm³/mol. The lowest BCUT2D eigenvalue weighted by molar-refractivity contribution is -0.384. The molecule has 4 rings (SSSR count). The van der Waals surface area contributed by atoms with Gasteiger partial charge < -0.3 is 14.2 Å². The quantitative estimate of drug-likeness (QED) is 0.327. The molecule has 2 aliphatic rings.